The molecule has 19 heteroatoms. The predicted molar refractivity (Wildman–Crippen MR) is 363 cm³/mol. The van der Waals surface area contributed by atoms with Gasteiger partial charge in [-0.25, -0.2) is 9.13 Å². The summed E-state index contributed by atoms with van der Waals surface area (Å²) in [7, 11) is -9.92. The van der Waals surface area contributed by atoms with E-state index in [1.807, 2.05) is 0 Å². The van der Waals surface area contributed by atoms with E-state index in [1.165, 1.54) is 122 Å². The largest absolute Gasteiger partial charge is 0.472 e. The molecule has 0 saturated carbocycles. The summed E-state index contributed by atoms with van der Waals surface area (Å²) >= 11 is 0. The molecule has 4 unspecified atom stereocenters. The van der Waals surface area contributed by atoms with Gasteiger partial charge in [0.25, 0.3) is 0 Å². The lowest BCUT2D eigenvalue weighted by Crippen LogP contribution is -2.30. The number of hydrogen-bond donors (Lipinski definition) is 3. The lowest BCUT2D eigenvalue weighted by molar-refractivity contribution is -0.161. The minimum atomic E-state index is -4.96. The SMILES string of the molecule is CCCCCC/C=C\C=C/CCCCCCCC(=O)O[C@H](COC(=O)CCCCCCCCCC(C)C)COP(=O)(O)OCC(O)COP(=O)(O)OC[C@@H](COC(=O)CCCCCCCCCCC(C)CC)OC(=O)CCCCCCCCCCCCC(C)C. The Morgan fingerprint density at radius 2 is 0.656 bits per heavy atom. The van der Waals surface area contributed by atoms with Gasteiger partial charge in [0.05, 0.1) is 26.4 Å². The number of carbonyl (C=O) groups excluding carboxylic acids is 4. The number of phosphoric acid groups is 2. The van der Waals surface area contributed by atoms with Crippen LogP contribution in [0, 0.1) is 17.8 Å². The number of ether oxygens (including phenoxy) is 4. The molecule has 0 fully saturated rings. The fourth-order valence-corrected chi connectivity index (χ4v) is 11.7. The zero-order chi connectivity index (χ0) is 66.6. The van der Waals surface area contributed by atoms with Crippen LogP contribution in [0.1, 0.15) is 331 Å². The zero-order valence-corrected chi connectivity index (χ0v) is 59.9. The highest BCUT2D eigenvalue weighted by Gasteiger charge is 2.30. The molecule has 0 aliphatic heterocycles. The van der Waals surface area contributed by atoms with Gasteiger partial charge in [-0.1, -0.05) is 278 Å². The van der Waals surface area contributed by atoms with E-state index in [0.29, 0.717) is 31.6 Å². The van der Waals surface area contributed by atoms with E-state index in [-0.39, 0.29) is 25.7 Å². The summed E-state index contributed by atoms with van der Waals surface area (Å²) in [4.78, 5) is 72.5. The number of hydrogen-bond acceptors (Lipinski definition) is 15. The molecular formula is C71H134O17P2. The van der Waals surface area contributed by atoms with Gasteiger partial charge >= 0.3 is 39.5 Å². The Balaban J connectivity index is 5.30. The van der Waals surface area contributed by atoms with Gasteiger partial charge in [0, 0.05) is 25.7 Å². The maximum absolute atomic E-state index is 13.0. The van der Waals surface area contributed by atoms with E-state index in [4.69, 9.17) is 37.0 Å². The first-order chi connectivity index (χ1) is 43.3. The third-order valence-corrected chi connectivity index (χ3v) is 18.0. The van der Waals surface area contributed by atoms with Crippen LogP contribution in [0.25, 0.3) is 0 Å². The van der Waals surface area contributed by atoms with Crippen LogP contribution in [0.2, 0.25) is 0 Å². The number of esters is 4. The van der Waals surface area contributed by atoms with Crippen LogP contribution in [0.4, 0.5) is 0 Å². The van der Waals surface area contributed by atoms with Crippen molar-refractivity contribution in [2.75, 3.05) is 39.6 Å². The first-order valence-corrected chi connectivity index (χ1v) is 39.2. The van der Waals surface area contributed by atoms with E-state index in [9.17, 15) is 43.2 Å². The fraction of sp³-hybridized carbons (Fsp3) is 0.887. The molecule has 0 heterocycles. The second-order valence-electron chi connectivity index (χ2n) is 26.1. The molecule has 0 spiro atoms. The van der Waals surface area contributed by atoms with Crippen molar-refractivity contribution in [3.63, 3.8) is 0 Å². The van der Waals surface area contributed by atoms with Crippen molar-refractivity contribution in [1.82, 2.24) is 0 Å². The number of aliphatic hydroxyl groups excluding tert-OH is 1. The number of allylic oxidation sites excluding steroid dienone is 4. The molecule has 0 aliphatic rings. The molecule has 0 radical (unpaired) electrons. The molecule has 0 amide bonds. The van der Waals surface area contributed by atoms with E-state index in [1.54, 1.807) is 0 Å². The monoisotopic (exact) mass is 1320 g/mol. The third kappa shape index (κ3) is 63.0. The van der Waals surface area contributed by atoms with Gasteiger partial charge in [0.15, 0.2) is 12.2 Å². The van der Waals surface area contributed by atoms with Gasteiger partial charge in [-0.2, -0.15) is 0 Å². The summed E-state index contributed by atoms with van der Waals surface area (Å²) in [6, 6.07) is 0. The summed E-state index contributed by atoms with van der Waals surface area (Å²) in [5.74, 6) is 0.0709. The van der Waals surface area contributed by atoms with Gasteiger partial charge in [-0.15, -0.1) is 0 Å². The van der Waals surface area contributed by atoms with Gasteiger partial charge in [0.1, 0.15) is 19.3 Å². The first kappa shape index (κ1) is 87.5. The zero-order valence-electron chi connectivity index (χ0n) is 58.1. The van der Waals surface area contributed by atoms with Crippen molar-refractivity contribution < 1.29 is 80.2 Å². The smallest absolute Gasteiger partial charge is 0.462 e. The molecule has 0 saturated heterocycles. The van der Waals surface area contributed by atoms with Gasteiger partial charge < -0.3 is 33.8 Å². The molecule has 17 nitrogen and oxygen atoms in total. The Morgan fingerprint density at radius 3 is 0.989 bits per heavy atom. The maximum atomic E-state index is 13.0. The van der Waals surface area contributed by atoms with Crippen molar-refractivity contribution in [1.29, 1.82) is 0 Å². The Kier molecular flexibility index (Phi) is 59.7. The van der Waals surface area contributed by atoms with Crippen LogP contribution in [-0.2, 0) is 65.4 Å². The van der Waals surface area contributed by atoms with Crippen molar-refractivity contribution in [3.8, 4) is 0 Å². The number of unbranched alkanes of at least 4 members (excludes halogenated alkanes) is 31. The molecule has 0 aromatic carbocycles. The summed E-state index contributed by atoms with van der Waals surface area (Å²) in [6.07, 6.45) is 48.0. The molecule has 0 aromatic rings. The molecule has 530 valence electrons. The molecular weight excluding hydrogens is 1190 g/mol. The van der Waals surface area contributed by atoms with Gasteiger partial charge in [-0.05, 0) is 69.1 Å². The Hall–Kier alpha value is -2.46. The number of rotatable bonds is 67. The van der Waals surface area contributed by atoms with Crippen LogP contribution in [0.15, 0.2) is 24.3 Å². The third-order valence-electron chi connectivity index (χ3n) is 16.1. The molecule has 0 aliphatic carbocycles. The highest BCUT2D eigenvalue weighted by Crippen LogP contribution is 2.45. The lowest BCUT2D eigenvalue weighted by Gasteiger charge is -2.21. The summed E-state index contributed by atoms with van der Waals surface area (Å²) in [6.45, 7) is 11.7. The standard InChI is InChI=1S/C71H134O17P2/c1-8-10-11-12-13-14-15-16-17-18-19-23-32-40-47-54-70(75)88-67(59-82-69(74)53-46-39-34-27-29-36-43-50-63(5)6)61-86-90(79,80)84-57-65(72)56-83-89(77,78)85-60-66(58-81-68(73)52-45-38-31-26-25-30-37-44-51-64(7)9-2)87-71(76)55-48-41-33-24-21-20-22-28-35-42-49-62(3)4/h14-17,62-67,72H,8-13,18-61H2,1-7H3,(H,77,78)(H,79,80)/b15-14-,17-16-/t64?,65?,66-,67-/m1/s1. The van der Waals surface area contributed by atoms with Gasteiger partial charge in [-0.3, -0.25) is 37.3 Å². The number of aliphatic hydroxyl groups is 1. The van der Waals surface area contributed by atoms with Crippen LogP contribution in [0.5, 0.6) is 0 Å². The highest BCUT2D eigenvalue weighted by atomic mass is 31.2. The maximum Gasteiger partial charge on any atom is 0.472 e. The molecule has 0 rings (SSSR count). The summed E-state index contributed by atoms with van der Waals surface area (Å²) in [5, 5.41) is 10.6. The first-order valence-electron chi connectivity index (χ1n) is 36.2. The van der Waals surface area contributed by atoms with Crippen molar-refractivity contribution in [2.45, 2.75) is 349 Å². The molecule has 3 N–H and O–H groups in total. The highest BCUT2D eigenvalue weighted by molar-refractivity contribution is 7.47. The second kappa shape index (κ2) is 61.4. The molecule has 0 bridgehead atoms. The summed E-state index contributed by atoms with van der Waals surface area (Å²) < 4.78 is 68.3. The average molecular weight is 1320 g/mol. The summed E-state index contributed by atoms with van der Waals surface area (Å²) in [5.41, 5.74) is 0. The Bertz CT molecular complexity index is 1860. The van der Waals surface area contributed by atoms with Crippen molar-refractivity contribution in [2.24, 2.45) is 17.8 Å². The van der Waals surface area contributed by atoms with E-state index < -0.39 is 97.5 Å². The van der Waals surface area contributed by atoms with Crippen LogP contribution in [-0.4, -0.2) is 96.7 Å². The quantitative estimate of drug-likeness (QED) is 0.0169. The minimum absolute atomic E-state index is 0.0837. The fourth-order valence-electron chi connectivity index (χ4n) is 10.1. The average Bonchev–Trinajstić information content (AvgIpc) is 3.56. The molecule has 90 heavy (non-hydrogen) atoms. The predicted octanol–water partition coefficient (Wildman–Crippen LogP) is 19.8. The lowest BCUT2D eigenvalue weighted by atomic mass is 9.99. The van der Waals surface area contributed by atoms with Crippen molar-refractivity contribution >= 4 is 39.5 Å². The van der Waals surface area contributed by atoms with Gasteiger partial charge in [0.2, 0.25) is 0 Å². The van der Waals surface area contributed by atoms with Crippen molar-refractivity contribution in [3.05, 3.63) is 24.3 Å². The topological polar surface area (TPSA) is 237 Å². The minimum Gasteiger partial charge on any atom is -0.462 e. The Morgan fingerprint density at radius 1 is 0.367 bits per heavy atom. The van der Waals surface area contributed by atoms with E-state index in [2.05, 4.69) is 72.8 Å². The van der Waals surface area contributed by atoms with E-state index in [0.717, 1.165) is 121 Å². The van der Waals surface area contributed by atoms with E-state index >= 15 is 0 Å². The molecule has 6 atom stereocenters. The van der Waals surface area contributed by atoms with Crippen LogP contribution >= 0.6 is 15.6 Å². The van der Waals surface area contributed by atoms with Crippen LogP contribution < -0.4 is 0 Å². The number of carbonyl (C=O) groups is 4. The second-order valence-corrected chi connectivity index (χ2v) is 29.0. The Labute approximate surface area is 548 Å². The number of phosphoric ester groups is 2. The van der Waals surface area contributed by atoms with Crippen LogP contribution in [0.3, 0.4) is 0 Å². The normalized spacial score (nSPS) is 14.7. The molecule has 0 aromatic heterocycles.